The van der Waals surface area contributed by atoms with Crippen LogP contribution in [0.4, 0.5) is 10.3 Å². The summed E-state index contributed by atoms with van der Waals surface area (Å²) in [6.45, 7) is 3.83. The first-order valence-electron chi connectivity index (χ1n) is 5.92. The van der Waals surface area contributed by atoms with E-state index in [1.807, 2.05) is 0 Å². The fourth-order valence-electron chi connectivity index (χ4n) is 1.38. The summed E-state index contributed by atoms with van der Waals surface area (Å²) in [5, 5.41) is 0. The molecule has 0 saturated carbocycles. The van der Waals surface area contributed by atoms with Crippen molar-refractivity contribution < 1.29 is 13.9 Å². The molecule has 0 atom stereocenters. The largest absolute Gasteiger partial charge is 0.464 e. The number of nitrogens with two attached hydrogens (primary N) is 1. The molecular weight excluding hydrogens is 265 g/mol. The van der Waals surface area contributed by atoms with E-state index in [1.165, 1.54) is 6.07 Å². The molecular formula is C12H14FN5O2. The second-order valence-electron chi connectivity index (χ2n) is 3.81. The van der Waals surface area contributed by atoms with Crippen molar-refractivity contribution in [1.82, 2.24) is 15.0 Å². The van der Waals surface area contributed by atoms with Crippen molar-refractivity contribution in [2.45, 2.75) is 13.8 Å². The van der Waals surface area contributed by atoms with Gasteiger partial charge in [0.2, 0.25) is 5.95 Å². The maximum atomic E-state index is 13.4. The second-order valence-corrected chi connectivity index (χ2v) is 3.81. The molecule has 1 heterocycles. The van der Waals surface area contributed by atoms with Crippen molar-refractivity contribution in [3.8, 4) is 17.8 Å². The number of nitrogens with zero attached hydrogens (tertiary/aromatic N) is 3. The third-order valence-electron chi connectivity index (χ3n) is 2.35. The standard InChI is InChI=1S/C12H14FN5O2/c1-3-19-11-15-10(18-14)16-12(17-11)20-8-5-4-7(2)9(13)6-8/h4-6H,3,14H2,1-2H3,(H,15,16,17,18). The van der Waals surface area contributed by atoms with Gasteiger partial charge in [-0.15, -0.1) is 4.98 Å². The number of hydrogen-bond acceptors (Lipinski definition) is 7. The Morgan fingerprint density at radius 3 is 2.65 bits per heavy atom. The molecule has 0 bridgehead atoms. The number of halogens is 1. The van der Waals surface area contributed by atoms with Crippen LogP contribution in [0.5, 0.6) is 17.8 Å². The molecule has 0 unspecified atom stereocenters. The molecule has 2 rings (SSSR count). The lowest BCUT2D eigenvalue weighted by Gasteiger charge is -2.08. The maximum absolute atomic E-state index is 13.4. The Morgan fingerprint density at radius 1 is 1.25 bits per heavy atom. The maximum Gasteiger partial charge on any atom is 0.330 e. The van der Waals surface area contributed by atoms with Crippen LogP contribution in [0.15, 0.2) is 18.2 Å². The molecule has 2 aromatic rings. The van der Waals surface area contributed by atoms with Gasteiger partial charge in [-0.3, -0.25) is 5.43 Å². The van der Waals surface area contributed by atoms with E-state index >= 15 is 0 Å². The first-order chi connectivity index (χ1) is 9.62. The van der Waals surface area contributed by atoms with Crippen LogP contribution in [0.25, 0.3) is 0 Å². The van der Waals surface area contributed by atoms with Gasteiger partial charge in [-0.25, -0.2) is 10.2 Å². The molecule has 8 heteroatoms. The van der Waals surface area contributed by atoms with Crippen LogP contribution < -0.4 is 20.7 Å². The average molecular weight is 279 g/mol. The molecule has 106 valence electrons. The van der Waals surface area contributed by atoms with Crippen LogP contribution in [0, 0.1) is 12.7 Å². The number of nitrogens with one attached hydrogen (secondary N) is 1. The van der Waals surface area contributed by atoms with Crippen molar-refractivity contribution in [3.05, 3.63) is 29.6 Å². The molecule has 7 nitrogen and oxygen atoms in total. The van der Waals surface area contributed by atoms with Gasteiger partial charge in [0.1, 0.15) is 11.6 Å². The summed E-state index contributed by atoms with van der Waals surface area (Å²) in [5.74, 6) is 5.23. The van der Waals surface area contributed by atoms with E-state index in [2.05, 4.69) is 20.4 Å². The SMILES string of the molecule is CCOc1nc(NN)nc(Oc2ccc(C)c(F)c2)n1. The normalized spacial score (nSPS) is 10.2. The molecule has 0 fully saturated rings. The predicted octanol–water partition coefficient (Wildman–Crippen LogP) is 1.80. The molecule has 3 N–H and O–H groups in total. The Labute approximate surface area is 114 Å². The zero-order chi connectivity index (χ0) is 14.5. The highest BCUT2D eigenvalue weighted by Crippen LogP contribution is 2.22. The number of hydrogen-bond donors (Lipinski definition) is 2. The molecule has 0 saturated heterocycles. The Bertz CT molecular complexity index is 608. The first kappa shape index (κ1) is 13.9. The van der Waals surface area contributed by atoms with Crippen molar-refractivity contribution >= 4 is 5.95 Å². The second kappa shape index (κ2) is 6.11. The summed E-state index contributed by atoms with van der Waals surface area (Å²) in [4.78, 5) is 11.7. The zero-order valence-corrected chi connectivity index (χ0v) is 11.1. The minimum absolute atomic E-state index is 0.0420. The summed E-state index contributed by atoms with van der Waals surface area (Å²) >= 11 is 0. The van der Waals surface area contributed by atoms with Crippen LogP contribution in [-0.2, 0) is 0 Å². The summed E-state index contributed by atoms with van der Waals surface area (Å²) in [5.41, 5.74) is 2.80. The zero-order valence-electron chi connectivity index (χ0n) is 11.1. The van der Waals surface area contributed by atoms with Gasteiger partial charge in [-0.2, -0.15) is 9.97 Å². The van der Waals surface area contributed by atoms with Gasteiger partial charge in [-0.1, -0.05) is 6.07 Å². The van der Waals surface area contributed by atoms with Crippen LogP contribution in [0.1, 0.15) is 12.5 Å². The van der Waals surface area contributed by atoms with E-state index in [0.29, 0.717) is 12.2 Å². The van der Waals surface area contributed by atoms with Gasteiger partial charge >= 0.3 is 12.0 Å². The van der Waals surface area contributed by atoms with Gasteiger partial charge in [-0.05, 0) is 25.5 Å². The number of nitrogen functional groups attached to an aromatic ring is 1. The minimum Gasteiger partial charge on any atom is -0.464 e. The van der Waals surface area contributed by atoms with E-state index < -0.39 is 0 Å². The summed E-state index contributed by atoms with van der Waals surface area (Å²) in [6.07, 6.45) is 0. The summed E-state index contributed by atoms with van der Waals surface area (Å²) < 4.78 is 24.0. The Morgan fingerprint density at radius 2 is 2.00 bits per heavy atom. The fraction of sp³-hybridized carbons (Fsp3) is 0.250. The highest BCUT2D eigenvalue weighted by Gasteiger charge is 2.09. The highest BCUT2D eigenvalue weighted by molar-refractivity contribution is 5.32. The highest BCUT2D eigenvalue weighted by atomic mass is 19.1. The topological polar surface area (TPSA) is 95.2 Å². The molecule has 0 amide bonds. The van der Waals surface area contributed by atoms with Crippen molar-refractivity contribution in [2.75, 3.05) is 12.0 Å². The number of aromatic nitrogens is 3. The quantitative estimate of drug-likeness (QED) is 0.636. The molecule has 1 aromatic heterocycles. The molecule has 20 heavy (non-hydrogen) atoms. The lowest BCUT2D eigenvalue weighted by atomic mass is 10.2. The Kier molecular flexibility index (Phi) is 4.26. The smallest absolute Gasteiger partial charge is 0.330 e. The number of rotatable bonds is 5. The molecule has 0 aliphatic rings. The van der Waals surface area contributed by atoms with E-state index in [0.717, 1.165) is 0 Å². The monoisotopic (exact) mass is 279 g/mol. The fourth-order valence-corrected chi connectivity index (χ4v) is 1.38. The van der Waals surface area contributed by atoms with E-state index in [-0.39, 0.29) is 29.5 Å². The summed E-state index contributed by atoms with van der Waals surface area (Å²) in [7, 11) is 0. The third kappa shape index (κ3) is 3.29. The van der Waals surface area contributed by atoms with Gasteiger partial charge in [0, 0.05) is 6.07 Å². The summed E-state index contributed by atoms with van der Waals surface area (Å²) in [6, 6.07) is 4.47. The van der Waals surface area contributed by atoms with Gasteiger partial charge in [0.15, 0.2) is 0 Å². The van der Waals surface area contributed by atoms with Crippen LogP contribution in [0.2, 0.25) is 0 Å². The average Bonchev–Trinajstić information content (AvgIpc) is 2.43. The molecule has 0 radical (unpaired) electrons. The first-order valence-corrected chi connectivity index (χ1v) is 5.92. The van der Waals surface area contributed by atoms with Crippen LogP contribution >= 0.6 is 0 Å². The Hall–Kier alpha value is -2.48. The van der Waals surface area contributed by atoms with E-state index in [1.54, 1.807) is 26.0 Å². The van der Waals surface area contributed by atoms with E-state index in [9.17, 15) is 4.39 Å². The predicted molar refractivity (Wildman–Crippen MR) is 70.0 cm³/mol. The lowest BCUT2D eigenvalue weighted by Crippen LogP contribution is -2.12. The molecule has 1 aromatic carbocycles. The van der Waals surface area contributed by atoms with Crippen molar-refractivity contribution in [1.29, 1.82) is 0 Å². The van der Waals surface area contributed by atoms with E-state index in [4.69, 9.17) is 15.3 Å². The number of benzene rings is 1. The third-order valence-corrected chi connectivity index (χ3v) is 2.35. The molecule has 0 aliphatic heterocycles. The number of anilines is 1. The van der Waals surface area contributed by atoms with Crippen molar-refractivity contribution in [3.63, 3.8) is 0 Å². The van der Waals surface area contributed by atoms with Gasteiger partial charge in [0.25, 0.3) is 0 Å². The molecule has 0 aliphatic carbocycles. The number of ether oxygens (including phenoxy) is 2. The number of aryl methyl sites for hydroxylation is 1. The van der Waals surface area contributed by atoms with Gasteiger partial charge in [0.05, 0.1) is 6.61 Å². The minimum atomic E-state index is -0.376. The van der Waals surface area contributed by atoms with Crippen LogP contribution in [0.3, 0.4) is 0 Å². The molecule has 0 spiro atoms. The Balaban J connectivity index is 2.27. The lowest BCUT2D eigenvalue weighted by molar-refractivity contribution is 0.303. The van der Waals surface area contributed by atoms with Crippen molar-refractivity contribution in [2.24, 2.45) is 5.84 Å². The number of hydrazine groups is 1. The van der Waals surface area contributed by atoms with Crippen LogP contribution in [-0.4, -0.2) is 21.6 Å². The van der Waals surface area contributed by atoms with Gasteiger partial charge < -0.3 is 9.47 Å².